The van der Waals surface area contributed by atoms with Crippen LogP contribution in [0.3, 0.4) is 0 Å². The molecule has 1 aliphatic rings. The molecule has 1 aliphatic heterocycles. The van der Waals surface area contributed by atoms with Crippen LogP contribution in [0, 0.1) is 0 Å². The van der Waals surface area contributed by atoms with E-state index in [1.54, 1.807) is 6.92 Å². The fourth-order valence-corrected chi connectivity index (χ4v) is 2.31. The second kappa shape index (κ2) is 8.11. The van der Waals surface area contributed by atoms with Gasteiger partial charge >= 0.3 is 0 Å². The topological polar surface area (TPSA) is 56.8 Å². The van der Waals surface area contributed by atoms with E-state index >= 15 is 0 Å². The van der Waals surface area contributed by atoms with Gasteiger partial charge in [-0.25, -0.2) is 4.39 Å². The van der Waals surface area contributed by atoms with Gasteiger partial charge in [-0.3, -0.25) is 4.90 Å². The molecule has 0 aromatic heterocycles. The van der Waals surface area contributed by atoms with Crippen molar-refractivity contribution in [3.63, 3.8) is 0 Å². The van der Waals surface area contributed by atoms with Crippen molar-refractivity contribution in [2.75, 3.05) is 52.9 Å². The molecule has 0 radical (unpaired) electrons. The Morgan fingerprint density at radius 3 is 2.16 bits per heavy atom. The minimum atomic E-state index is -1.47. The highest BCUT2D eigenvalue weighted by molar-refractivity contribution is 4.93. The van der Waals surface area contributed by atoms with Crippen LogP contribution in [0.5, 0.6) is 0 Å². The fourth-order valence-electron chi connectivity index (χ4n) is 2.31. The van der Waals surface area contributed by atoms with Crippen LogP contribution in [-0.4, -0.2) is 80.8 Å². The lowest BCUT2D eigenvalue weighted by Crippen LogP contribution is -2.57. The number of nitrogens with one attached hydrogen (secondary N) is 2. The van der Waals surface area contributed by atoms with E-state index in [4.69, 9.17) is 4.74 Å². The third kappa shape index (κ3) is 4.96. The lowest BCUT2D eigenvalue weighted by molar-refractivity contribution is -0.136. The second-order valence-corrected chi connectivity index (χ2v) is 5.26. The van der Waals surface area contributed by atoms with Gasteiger partial charge in [-0.15, -0.1) is 0 Å². The third-order valence-electron chi connectivity index (χ3n) is 3.91. The number of halogens is 1. The largest absolute Gasteiger partial charge is 0.383 e. The molecule has 0 saturated carbocycles. The molecule has 1 rings (SSSR count). The van der Waals surface area contributed by atoms with E-state index in [1.807, 2.05) is 0 Å². The molecule has 1 fully saturated rings. The molecule has 0 aromatic carbocycles. The third-order valence-corrected chi connectivity index (χ3v) is 3.91. The van der Waals surface area contributed by atoms with E-state index in [2.05, 4.69) is 15.5 Å². The van der Waals surface area contributed by atoms with Crippen molar-refractivity contribution in [3.05, 3.63) is 0 Å². The number of methoxy groups -OCH3 is 1. The number of ether oxygens (including phenoxy) is 1. The summed E-state index contributed by atoms with van der Waals surface area (Å²) in [7, 11) is 1.50. The number of rotatable bonds is 5. The highest BCUT2D eigenvalue weighted by Gasteiger charge is 2.41. The molecule has 3 atom stereocenters. The van der Waals surface area contributed by atoms with Gasteiger partial charge in [0.25, 0.3) is 0 Å². The monoisotopic (exact) mass is 277 g/mol. The molecule has 0 spiro atoms. The minimum Gasteiger partial charge on any atom is -0.383 e. The summed E-state index contributed by atoms with van der Waals surface area (Å²) < 4.78 is 19.0. The summed E-state index contributed by atoms with van der Waals surface area (Å²) in [5, 5.41) is 17.2. The zero-order valence-electron chi connectivity index (χ0n) is 12.3. The van der Waals surface area contributed by atoms with Crippen LogP contribution >= 0.6 is 0 Å². The number of nitrogens with zero attached hydrogens (tertiary/aromatic N) is 1. The molecule has 5 nitrogen and oxygen atoms in total. The Balaban J connectivity index is 2.64. The number of aliphatic hydroxyl groups is 1. The van der Waals surface area contributed by atoms with E-state index < -0.39 is 17.9 Å². The zero-order chi connectivity index (χ0) is 14.3. The summed E-state index contributed by atoms with van der Waals surface area (Å²) in [6, 6.07) is 0. The van der Waals surface area contributed by atoms with Crippen molar-refractivity contribution in [1.29, 1.82) is 0 Å². The van der Waals surface area contributed by atoms with Gasteiger partial charge in [-0.05, 0) is 13.8 Å². The van der Waals surface area contributed by atoms with E-state index in [0.717, 1.165) is 39.3 Å². The van der Waals surface area contributed by atoms with Crippen LogP contribution in [0.15, 0.2) is 0 Å². The molecule has 3 N–H and O–H groups in total. The average Bonchev–Trinajstić information content (AvgIpc) is 2.51. The standard InChI is InChI=1S/C13H28FN3O2/c1-11(14)13(18,12(2)19-3)10-17-8-6-15-4-5-16-7-9-17/h11-12,15-16,18H,4-10H2,1-3H3. The van der Waals surface area contributed by atoms with Crippen molar-refractivity contribution < 1.29 is 14.2 Å². The molecular weight excluding hydrogens is 249 g/mol. The SMILES string of the molecule is COC(C)C(O)(CN1CCNCCNCC1)C(C)F. The highest BCUT2D eigenvalue weighted by Crippen LogP contribution is 2.22. The van der Waals surface area contributed by atoms with Gasteiger partial charge in [0, 0.05) is 52.9 Å². The lowest BCUT2D eigenvalue weighted by Gasteiger charge is -2.38. The van der Waals surface area contributed by atoms with E-state index in [-0.39, 0.29) is 6.54 Å². The molecule has 0 aromatic rings. The Morgan fingerprint density at radius 2 is 1.74 bits per heavy atom. The van der Waals surface area contributed by atoms with Crippen molar-refractivity contribution >= 4 is 0 Å². The van der Waals surface area contributed by atoms with Crippen molar-refractivity contribution in [2.45, 2.75) is 31.7 Å². The maximum absolute atomic E-state index is 13.8. The van der Waals surface area contributed by atoms with Crippen molar-refractivity contribution in [1.82, 2.24) is 15.5 Å². The summed E-state index contributed by atoms with van der Waals surface area (Å²) in [4.78, 5) is 2.08. The van der Waals surface area contributed by atoms with Gasteiger partial charge in [0.1, 0.15) is 11.8 Å². The summed E-state index contributed by atoms with van der Waals surface area (Å²) in [5.41, 5.74) is -1.47. The summed E-state index contributed by atoms with van der Waals surface area (Å²) in [6.07, 6.45) is -1.88. The molecule has 3 unspecified atom stereocenters. The van der Waals surface area contributed by atoms with Gasteiger partial charge in [-0.2, -0.15) is 0 Å². The zero-order valence-corrected chi connectivity index (χ0v) is 12.3. The second-order valence-electron chi connectivity index (χ2n) is 5.26. The molecule has 0 amide bonds. The number of alkyl halides is 1. The molecule has 0 aliphatic carbocycles. The Bertz CT molecular complexity index is 246. The molecule has 0 bridgehead atoms. The maximum Gasteiger partial charge on any atom is 0.134 e. The highest BCUT2D eigenvalue weighted by atomic mass is 19.1. The summed E-state index contributed by atoms with van der Waals surface area (Å²) >= 11 is 0. The van der Waals surface area contributed by atoms with Crippen LogP contribution in [0.4, 0.5) is 4.39 Å². The molecule has 19 heavy (non-hydrogen) atoms. The molecule has 6 heteroatoms. The van der Waals surface area contributed by atoms with Crippen molar-refractivity contribution in [3.8, 4) is 0 Å². The quantitative estimate of drug-likeness (QED) is 0.639. The first-order chi connectivity index (χ1) is 9.00. The van der Waals surface area contributed by atoms with E-state index in [9.17, 15) is 9.50 Å². The van der Waals surface area contributed by atoms with Gasteiger partial charge in [0.15, 0.2) is 0 Å². The Morgan fingerprint density at radius 1 is 1.21 bits per heavy atom. The van der Waals surface area contributed by atoms with Crippen molar-refractivity contribution in [2.24, 2.45) is 0 Å². The predicted molar refractivity (Wildman–Crippen MR) is 74.2 cm³/mol. The molecule has 114 valence electrons. The van der Waals surface area contributed by atoms with Crippen LogP contribution in [0.2, 0.25) is 0 Å². The fraction of sp³-hybridized carbons (Fsp3) is 1.00. The Hall–Kier alpha value is -0.270. The normalized spacial score (nSPS) is 25.7. The minimum absolute atomic E-state index is 0.281. The van der Waals surface area contributed by atoms with Gasteiger partial charge < -0.3 is 20.5 Å². The van der Waals surface area contributed by atoms with Crippen LogP contribution in [0.25, 0.3) is 0 Å². The molecule has 1 heterocycles. The van der Waals surface area contributed by atoms with Gasteiger partial charge in [-0.1, -0.05) is 0 Å². The van der Waals surface area contributed by atoms with Crippen LogP contribution in [-0.2, 0) is 4.74 Å². The summed E-state index contributed by atoms with van der Waals surface area (Å²) in [5.74, 6) is 0. The Labute approximate surface area is 115 Å². The first kappa shape index (κ1) is 16.8. The first-order valence-corrected chi connectivity index (χ1v) is 7.03. The predicted octanol–water partition coefficient (Wildman–Crippen LogP) is -0.395. The Kier molecular flexibility index (Phi) is 7.17. The van der Waals surface area contributed by atoms with Gasteiger partial charge in [0.2, 0.25) is 0 Å². The smallest absolute Gasteiger partial charge is 0.134 e. The number of hydrogen-bond donors (Lipinski definition) is 3. The first-order valence-electron chi connectivity index (χ1n) is 7.03. The number of hydrogen-bond acceptors (Lipinski definition) is 5. The lowest BCUT2D eigenvalue weighted by atomic mass is 9.92. The summed E-state index contributed by atoms with van der Waals surface area (Å²) in [6.45, 7) is 8.55. The average molecular weight is 277 g/mol. The van der Waals surface area contributed by atoms with Gasteiger partial charge in [0.05, 0.1) is 6.10 Å². The maximum atomic E-state index is 13.8. The van der Waals surface area contributed by atoms with Crippen LogP contribution < -0.4 is 10.6 Å². The molecule has 1 saturated heterocycles. The van der Waals surface area contributed by atoms with E-state index in [1.165, 1.54) is 14.0 Å². The van der Waals surface area contributed by atoms with Crippen LogP contribution in [0.1, 0.15) is 13.8 Å². The molecular formula is C13H28FN3O2. The number of β-amino-alcohol motifs (C(OH)–C–C–N with tert-alkyl or cyclic N) is 1. The van der Waals surface area contributed by atoms with E-state index in [0.29, 0.717) is 0 Å².